The standard InChI is InChI=1S/C20H18BrN3O4/c1-12(25)15-8-3-4-9-16(15)22-17(26)11-24-18(27)20(2,23-19(24)28)13-6-5-7-14(21)10-13/h3-10H,11H2,1-2H3,(H,22,26)(H,23,28). The molecule has 0 bridgehead atoms. The molecule has 1 saturated heterocycles. The van der Waals surface area contributed by atoms with E-state index in [-0.39, 0.29) is 5.78 Å². The minimum Gasteiger partial charge on any atom is -0.324 e. The van der Waals surface area contributed by atoms with Gasteiger partial charge in [0.15, 0.2) is 5.78 Å². The number of ketones is 1. The topological polar surface area (TPSA) is 95.6 Å². The van der Waals surface area contributed by atoms with Crippen molar-refractivity contribution in [3.63, 3.8) is 0 Å². The molecule has 3 rings (SSSR count). The van der Waals surface area contributed by atoms with Crippen LogP contribution in [0.5, 0.6) is 0 Å². The van der Waals surface area contributed by atoms with Gasteiger partial charge in [0.1, 0.15) is 12.1 Å². The molecule has 0 aliphatic carbocycles. The average molecular weight is 444 g/mol. The van der Waals surface area contributed by atoms with Crippen molar-refractivity contribution in [2.75, 3.05) is 11.9 Å². The molecule has 7 nitrogen and oxygen atoms in total. The molecule has 1 heterocycles. The Hall–Kier alpha value is -3.00. The van der Waals surface area contributed by atoms with E-state index < -0.39 is 29.9 Å². The number of anilines is 1. The Bertz CT molecular complexity index is 991. The SMILES string of the molecule is CC(=O)c1ccccc1NC(=O)CN1C(=O)NC(C)(c2cccc(Br)c2)C1=O. The molecular weight excluding hydrogens is 426 g/mol. The molecule has 1 aliphatic heterocycles. The monoisotopic (exact) mass is 443 g/mol. The lowest BCUT2D eigenvalue weighted by atomic mass is 9.92. The molecule has 4 amide bonds. The largest absolute Gasteiger partial charge is 0.325 e. The van der Waals surface area contributed by atoms with Crippen LogP contribution in [0, 0.1) is 0 Å². The number of rotatable bonds is 5. The van der Waals surface area contributed by atoms with Crippen molar-refractivity contribution >= 4 is 45.2 Å². The fraction of sp³-hybridized carbons (Fsp3) is 0.200. The maximum atomic E-state index is 12.9. The highest BCUT2D eigenvalue weighted by molar-refractivity contribution is 9.10. The third kappa shape index (κ3) is 3.68. The number of para-hydroxylation sites is 1. The predicted molar refractivity (Wildman–Crippen MR) is 107 cm³/mol. The summed E-state index contributed by atoms with van der Waals surface area (Å²) in [5.41, 5.74) is 0.0252. The normalized spacial score (nSPS) is 18.8. The van der Waals surface area contributed by atoms with Crippen molar-refractivity contribution in [1.29, 1.82) is 0 Å². The zero-order valence-electron chi connectivity index (χ0n) is 15.3. The third-order valence-electron chi connectivity index (χ3n) is 4.56. The van der Waals surface area contributed by atoms with E-state index in [1.807, 2.05) is 6.07 Å². The van der Waals surface area contributed by atoms with E-state index in [1.54, 1.807) is 49.4 Å². The van der Waals surface area contributed by atoms with Gasteiger partial charge in [0.25, 0.3) is 5.91 Å². The third-order valence-corrected chi connectivity index (χ3v) is 5.05. The summed E-state index contributed by atoms with van der Waals surface area (Å²) < 4.78 is 0.769. The summed E-state index contributed by atoms with van der Waals surface area (Å²) in [6, 6.07) is 12.9. The van der Waals surface area contributed by atoms with Gasteiger partial charge in [0.2, 0.25) is 5.91 Å². The number of nitrogens with one attached hydrogen (secondary N) is 2. The lowest BCUT2D eigenvalue weighted by Crippen LogP contribution is -2.42. The number of Topliss-reactive ketones (excluding diaryl/α,β-unsaturated/α-hetero) is 1. The molecule has 1 fully saturated rings. The lowest BCUT2D eigenvalue weighted by molar-refractivity contribution is -0.133. The number of amides is 4. The lowest BCUT2D eigenvalue weighted by Gasteiger charge is -2.22. The Morgan fingerprint density at radius 2 is 1.86 bits per heavy atom. The summed E-state index contributed by atoms with van der Waals surface area (Å²) in [4.78, 5) is 50.3. The van der Waals surface area contributed by atoms with Crippen LogP contribution in [0.2, 0.25) is 0 Å². The van der Waals surface area contributed by atoms with Crippen molar-refractivity contribution < 1.29 is 19.2 Å². The van der Waals surface area contributed by atoms with E-state index in [4.69, 9.17) is 0 Å². The molecule has 1 unspecified atom stereocenters. The first-order chi connectivity index (χ1) is 13.2. The first kappa shape index (κ1) is 19.8. The number of imide groups is 1. The van der Waals surface area contributed by atoms with Crippen LogP contribution < -0.4 is 10.6 Å². The molecule has 0 radical (unpaired) electrons. The van der Waals surface area contributed by atoms with Crippen LogP contribution in [-0.2, 0) is 15.1 Å². The molecule has 1 atom stereocenters. The van der Waals surface area contributed by atoms with Crippen LogP contribution in [0.4, 0.5) is 10.5 Å². The van der Waals surface area contributed by atoms with Gasteiger partial charge in [0, 0.05) is 10.0 Å². The van der Waals surface area contributed by atoms with Crippen molar-refractivity contribution in [2.45, 2.75) is 19.4 Å². The maximum absolute atomic E-state index is 12.9. The van der Waals surface area contributed by atoms with Gasteiger partial charge < -0.3 is 10.6 Å². The van der Waals surface area contributed by atoms with Crippen molar-refractivity contribution in [3.05, 3.63) is 64.1 Å². The van der Waals surface area contributed by atoms with Gasteiger partial charge >= 0.3 is 6.03 Å². The summed E-state index contributed by atoms with van der Waals surface area (Å²) in [7, 11) is 0. The fourth-order valence-corrected chi connectivity index (χ4v) is 3.47. The van der Waals surface area contributed by atoms with Crippen LogP contribution in [0.1, 0.15) is 29.8 Å². The summed E-state index contributed by atoms with van der Waals surface area (Å²) in [5, 5.41) is 5.25. The summed E-state index contributed by atoms with van der Waals surface area (Å²) in [6.07, 6.45) is 0. The summed E-state index contributed by atoms with van der Waals surface area (Å²) in [6.45, 7) is 2.53. The number of nitrogens with zero attached hydrogens (tertiary/aromatic N) is 1. The highest BCUT2D eigenvalue weighted by Crippen LogP contribution is 2.30. The van der Waals surface area contributed by atoms with E-state index >= 15 is 0 Å². The zero-order valence-corrected chi connectivity index (χ0v) is 16.9. The van der Waals surface area contributed by atoms with Gasteiger partial charge in [0.05, 0.1) is 5.69 Å². The van der Waals surface area contributed by atoms with Crippen molar-refractivity contribution in [3.8, 4) is 0 Å². The second-order valence-electron chi connectivity index (χ2n) is 6.61. The molecule has 2 N–H and O–H groups in total. The molecule has 1 aliphatic rings. The van der Waals surface area contributed by atoms with E-state index in [0.29, 0.717) is 16.8 Å². The molecule has 2 aromatic carbocycles. The summed E-state index contributed by atoms with van der Waals surface area (Å²) in [5.74, 6) is -1.30. The molecule has 0 saturated carbocycles. The first-order valence-electron chi connectivity index (χ1n) is 8.52. The molecular formula is C20H18BrN3O4. The number of carbonyl (C=O) groups is 4. The van der Waals surface area contributed by atoms with Gasteiger partial charge in [-0.15, -0.1) is 0 Å². The maximum Gasteiger partial charge on any atom is 0.325 e. The van der Waals surface area contributed by atoms with Crippen LogP contribution in [0.15, 0.2) is 53.0 Å². The number of halogens is 1. The zero-order chi connectivity index (χ0) is 20.5. The Labute approximate surface area is 170 Å². The van der Waals surface area contributed by atoms with Crippen LogP contribution in [0.3, 0.4) is 0 Å². The number of urea groups is 1. The highest BCUT2D eigenvalue weighted by Gasteiger charge is 2.49. The van der Waals surface area contributed by atoms with Crippen LogP contribution in [-0.4, -0.2) is 35.1 Å². The Kier molecular flexibility index (Phi) is 5.33. The van der Waals surface area contributed by atoms with Crippen molar-refractivity contribution in [2.24, 2.45) is 0 Å². The molecule has 28 heavy (non-hydrogen) atoms. The Morgan fingerprint density at radius 1 is 1.14 bits per heavy atom. The number of carbonyl (C=O) groups excluding carboxylic acids is 4. The van der Waals surface area contributed by atoms with Crippen LogP contribution in [0.25, 0.3) is 0 Å². The van der Waals surface area contributed by atoms with E-state index in [2.05, 4.69) is 26.6 Å². The van der Waals surface area contributed by atoms with E-state index in [9.17, 15) is 19.2 Å². The predicted octanol–water partition coefficient (Wildman–Crippen LogP) is 3.06. The second-order valence-corrected chi connectivity index (χ2v) is 7.52. The Morgan fingerprint density at radius 3 is 2.54 bits per heavy atom. The van der Waals surface area contributed by atoms with Gasteiger partial charge in [-0.2, -0.15) is 0 Å². The molecule has 0 spiro atoms. The molecule has 0 aromatic heterocycles. The van der Waals surface area contributed by atoms with Gasteiger partial charge in [-0.3, -0.25) is 19.3 Å². The average Bonchev–Trinajstić information content (AvgIpc) is 2.86. The van der Waals surface area contributed by atoms with Crippen LogP contribution >= 0.6 is 15.9 Å². The first-order valence-corrected chi connectivity index (χ1v) is 9.31. The minimum absolute atomic E-state index is 0.201. The highest BCUT2D eigenvalue weighted by atomic mass is 79.9. The fourth-order valence-electron chi connectivity index (χ4n) is 3.07. The van der Waals surface area contributed by atoms with Gasteiger partial charge in [-0.25, -0.2) is 4.79 Å². The van der Waals surface area contributed by atoms with E-state index in [0.717, 1.165) is 9.37 Å². The van der Waals surface area contributed by atoms with Crippen molar-refractivity contribution in [1.82, 2.24) is 10.2 Å². The quantitative estimate of drug-likeness (QED) is 0.548. The van der Waals surface area contributed by atoms with E-state index in [1.165, 1.54) is 6.92 Å². The number of benzene rings is 2. The van der Waals surface area contributed by atoms with Gasteiger partial charge in [-0.1, -0.05) is 40.2 Å². The molecule has 144 valence electrons. The minimum atomic E-state index is -1.27. The second kappa shape index (κ2) is 7.55. The number of hydrogen-bond acceptors (Lipinski definition) is 4. The smallest absolute Gasteiger partial charge is 0.324 e. The Balaban J connectivity index is 1.78. The molecule has 2 aromatic rings. The van der Waals surface area contributed by atoms with Gasteiger partial charge in [-0.05, 0) is 43.7 Å². The summed E-state index contributed by atoms with van der Waals surface area (Å²) >= 11 is 3.35. The molecule has 8 heteroatoms. The number of hydrogen-bond donors (Lipinski definition) is 2.